The number of alkyl halides is 3. The van der Waals surface area contributed by atoms with E-state index >= 15 is 0 Å². The molecular formula is C17H11F3. The van der Waals surface area contributed by atoms with Crippen LogP contribution in [0.15, 0.2) is 60.7 Å². The standard InChI is InChI=1S/C17H11F3/c18-17(19,20)10-9-16-14-7-3-1-5-12(14)11-13-6-2-4-8-15(13)16/h1-11H. The van der Waals surface area contributed by atoms with Gasteiger partial charge in [0.25, 0.3) is 0 Å². The highest BCUT2D eigenvalue weighted by atomic mass is 19.4. The molecule has 0 saturated carbocycles. The summed E-state index contributed by atoms with van der Waals surface area (Å²) in [7, 11) is 0. The first kappa shape index (κ1) is 12.7. The molecule has 0 aromatic heterocycles. The van der Waals surface area contributed by atoms with E-state index in [1.165, 1.54) is 0 Å². The predicted octanol–water partition coefficient (Wildman–Crippen LogP) is 5.57. The lowest BCUT2D eigenvalue weighted by molar-refractivity contribution is -0.0790. The van der Waals surface area contributed by atoms with E-state index in [-0.39, 0.29) is 0 Å². The molecule has 0 aliphatic heterocycles. The summed E-state index contributed by atoms with van der Waals surface area (Å²) in [5.41, 5.74) is 0.607. The van der Waals surface area contributed by atoms with E-state index < -0.39 is 6.18 Å². The molecule has 3 aromatic rings. The van der Waals surface area contributed by atoms with Crippen LogP contribution in [-0.4, -0.2) is 6.18 Å². The molecule has 0 fully saturated rings. The molecule has 0 amide bonds. The van der Waals surface area contributed by atoms with Crippen LogP contribution in [0.1, 0.15) is 5.56 Å². The van der Waals surface area contributed by atoms with E-state index in [0.29, 0.717) is 11.6 Å². The van der Waals surface area contributed by atoms with E-state index in [2.05, 4.69) is 0 Å². The first-order chi connectivity index (χ1) is 9.54. The van der Waals surface area contributed by atoms with Crippen molar-refractivity contribution in [3.05, 3.63) is 66.2 Å². The zero-order chi connectivity index (χ0) is 14.2. The predicted molar refractivity (Wildman–Crippen MR) is 76.5 cm³/mol. The van der Waals surface area contributed by atoms with Gasteiger partial charge in [0.2, 0.25) is 0 Å². The molecule has 3 heteroatoms. The van der Waals surface area contributed by atoms with Gasteiger partial charge in [-0.3, -0.25) is 0 Å². The maximum absolute atomic E-state index is 12.5. The second kappa shape index (κ2) is 4.67. The molecule has 0 aliphatic carbocycles. The lowest BCUT2D eigenvalue weighted by Crippen LogP contribution is -2.00. The Bertz CT molecular complexity index is 744. The Morgan fingerprint density at radius 2 is 1.25 bits per heavy atom. The number of hydrogen-bond donors (Lipinski definition) is 0. The second-order valence-corrected chi connectivity index (χ2v) is 4.61. The van der Waals surface area contributed by atoms with Crippen LogP contribution in [0.5, 0.6) is 0 Å². The van der Waals surface area contributed by atoms with Crippen molar-refractivity contribution in [3.8, 4) is 0 Å². The summed E-state index contributed by atoms with van der Waals surface area (Å²) in [5, 5.41) is 3.53. The number of halogens is 3. The molecule has 0 saturated heterocycles. The summed E-state index contributed by atoms with van der Waals surface area (Å²) in [6.45, 7) is 0. The van der Waals surface area contributed by atoms with Gasteiger partial charge >= 0.3 is 6.18 Å². The fourth-order valence-corrected chi connectivity index (χ4v) is 2.41. The van der Waals surface area contributed by atoms with Gasteiger partial charge in [0.15, 0.2) is 0 Å². The van der Waals surface area contributed by atoms with E-state index in [1.807, 2.05) is 54.6 Å². The van der Waals surface area contributed by atoms with Crippen molar-refractivity contribution >= 4 is 27.6 Å². The van der Waals surface area contributed by atoms with E-state index in [4.69, 9.17) is 0 Å². The third kappa shape index (κ3) is 2.39. The van der Waals surface area contributed by atoms with Gasteiger partial charge in [0.1, 0.15) is 0 Å². The summed E-state index contributed by atoms with van der Waals surface area (Å²) in [6.07, 6.45) is -2.86. The van der Waals surface area contributed by atoms with Crippen molar-refractivity contribution in [1.82, 2.24) is 0 Å². The first-order valence-corrected chi connectivity index (χ1v) is 6.21. The summed E-state index contributed by atoms with van der Waals surface area (Å²) >= 11 is 0. The van der Waals surface area contributed by atoms with E-state index in [9.17, 15) is 13.2 Å². The zero-order valence-electron chi connectivity index (χ0n) is 10.5. The van der Waals surface area contributed by atoms with Crippen LogP contribution in [0.3, 0.4) is 0 Å². The fourth-order valence-electron chi connectivity index (χ4n) is 2.41. The number of benzene rings is 3. The SMILES string of the molecule is FC(F)(F)C=Cc1c2ccccc2cc2ccccc12. The molecule has 0 N–H and O–H groups in total. The van der Waals surface area contributed by atoms with Gasteiger partial charge in [-0.15, -0.1) is 0 Å². The molecule has 0 unspecified atom stereocenters. The average molecular weight is 272 g/mol. The van der Waals surface area contributed by atoms with Crippen molar-refractivity contribution in [3.63, 3.8) is 0 Å². The van der Waals surface area contributed by atoms with Crippen LogP contribution >= 0.6 is 0 Å². The van der Waals surface area contributed by atoms with Crippen molar-refractivity contribution in [2.75, 3.05) is 0 Å². The van der Waals surface area contributed by atoms with Gasteiger partial charge in [-0.25, -0.2) is 0 Å². The minimum Gasteiger partial charge on any atom is -0.167 e. The summed E-state index contributed by atoms with van der Waals surface area (Å²) in [5.74, 6) is 0. The Morgan fingerprint density at radius 3 is 1.75 bits per heavy atom. The Balaban J connectivity index is 2.36. The summed E-state index contributed by atoms with van der Waals surface area (Å²) in [4.78, 5) is 0. The maximum Gasteiger partial charge on any atom is 0.409 e. The molecule has 0 spiro atoms. The second-order valence-electron chi connectivity index (χ2n) is 4.61. The van der Waals surface area contributed by atoms with Gasteiger partial charge in [0.05, 0.1) is 0 Å². The highest BCUT2D eigenvalue weighted by molar-refractivity contribution is 6.06. The van der Waals surface area contributed by atoms with E-state index in [1.54, 1.807) is 0 Å². The largest absolute Gasteiger partial charge is 0.409 e. The number of fused-ring (bicyclic) bond motifs is 2. The van der Waals surface area contributed by atoms with Crippen molar-refractivity contribution in [2.45, 2.75) is 6.18 Å². The lowest BCUT2D eigenvalue weighted by atomic mass is 9.96. The summed E-state index contributed by atoms with van der Waals surface area (Å²) < 4.78 is 37.4. The monoisotopic (exact) mass is 272 g/mol. The zero-order valence-corrected chi connectivity index (χ0v) is 10.5. The van der Waals surface area contributed by atoms with Crippen LogP contribution < -0.4 is 0 Å². The molecule has 0 radical (unpaired) electrons. The molecule has 0 atom stereocenters. The van der Waals surface area contributed by atoms with Gasteiger partial charge in [-0.1, -0.05) is 48.5 Å². The number of hydrogen-bond acceptors (Lipinski definition) is 0. The molecule has 0 aliphatic rings. The van der Waals surface area contributed by atoms with Crippen LogP contribution in [0.4, 0.5) is 13.2 Å². The van der Waals surface area contributed by atoms with E-state index in [0.717, 1.165) is 27.6 Å². The Morgan fingerprint density at radius 1 is 0.750 bits per heavy atom. The molecule has 100 valence electrons. The smallest absolute Gasteiger partial charge is 0.167 e. The van der Waals surface area contributed by atoms with Gasteiger partial charge in [-0.05, 0) is 39.3 Å². The third-order valence-electron chi connectivity index (χ3n) is 3.25. The van der Waals surface area contributed by atoms with Crippen LogP contribution in [0.25, 0.3) is 27.6 Å². The van der Waals surface area contributed by atoms with Gasteiger partial charge < -0.3 is 0 Å². The summed E-state index contributed by atoms with van der Waals surface area (Å²) in [6, 6.07) is 16.9. The first-order valence-electron chi connectivity index (χ1n) is 6.21. The van der Waals surface area contributed by atoms with Gasteiger partial charge in [0, 0.05) is 6.08 Å². The molecular weight excluding hydrogens is 261 g/mol. The van der Waals surface area contributed by atoms with Gasteiger partial charge in [-0.2, -0.15) is 13.2 Å². The highest BCUT2D eigenvalue weighted by Gasteiger charge is 2.22. The quantitative estimate of drug-likeness (QED) is 0.508. The Kier molecular flexibility index (Phi) is 2.97. The average Bonchev–Trinajstić information content (AvgIpc) is 2.42. The van der Waals surface area contributed by atoms with Crippen LogP contribution in [0, 0.1) is 0 Å². The normalized spacial score (nSPS) is 12.6. The minimum absolute atomic E-state index is 0.293. The molecule has 0 heterocycles. The molecule has 0 bridgehead atoms. The van der Waals surface area contributed by atoms with Crippen molar-refractivity contribution in [1.29, 1.82) is 0 Å². The minimum atomic E-state index is -4.31. The maximum atomic E-state index is 12.5. The van der Waals surface area contributed by atoms with Crippen molar-refractivity contribution < 1.29 is 13.2 Å². The topological polar surface area (TPSA) is 0 Å². The molecule has 0 nitrogen and oxygen atoms in total. The molecule has 3 aromatic carbocycles. The molecule has 3 rings (SSSR count). The number of rotatable bonds is 1. The number of allylic oxidation sites excluding steroid dienone is 1. The third-order valence-corrected chi connectivity index (χ3v) is 3.25. The van der Waals surface area contributed by atoms with Crippen molar-refractivity contribution in [2.24, 2.45) is 0 Å². The lowest BCUT2D eigenvalue weighted by Gasteiger charge is -2.08. The molecule has 20 heavy (non-hydrogen) atoms. The van der Waals surface area contributed by atoms with Crippen LogP contribution in [0.2, 0.25) is 0 Å². The fraction of sp³-hybridized carbons (Fsp3) is 0.0588. The highest BCUT2D eigenvalue weighted by Crippen LogP contribution is 2.30. The van der Waals surface area contributed by atoms with Crippen LogP contribution in [-0.2, 0) is 0 Å². The Labute approximate surface area is 114 Å². The Hall–Kier alpha value is -2.29.